The molecule has 1 N–H and O–H groups in total. The van der Waals surface area contributed by atoms with Gasteiger partial charge in [-0.3, -0.25) is 0 Å². The van der Waals surface area contributed by atoms with Crippen molar-refractivity contribution in [2.45, 2.75) is 44.3 Å². The van der Waals surface area contributed by atoms with Gasteiger partial charge in [-0.05, 0) is 50.0 Å². The highest BCUT2D eigenvalue weighted by Crippen LogP contribution is 2.29. The maximum absolute atomic E-state index is 5.45. The molecule has 0 aliphatic heterocycles. The van der Waals surface area contributed by atoms with E-state index in [9.17, 15) is 0 Å². The van der Waals surface area contributed by atoms with E-state index in [1.54, 1.807) is 6.26 Å². The van der Waals surface area contributed by atoms with Crippen molar-refractivity contribution < 1.29 is 4.42 Å². The lowest BCUT2D eigenvalue weighted by molar-refractivity contribution is 0.349. The fourth-order valence-corrected chi connectivity index (χ4v) is 2.19. The average molecular weight is 236 g/mol. The summed E-state index contributed by atoms with van der Waals surface area (Å²) in [5.41, 5.74) is 0. The summed E-state index contributed by atoms with van der Waals surface area (Å²) in [6.07, 6.45) is 6.76. The largest absolute Gasteiger partial charge is 0.467 e. The summed E-state index contributed by atoms with van der Waals surface area (Å²) in [7, 11) is 0. The Morgan fingerprint density at radius 1 is 1.44 bits per heavy atom. The van der Waals surface area contributed by atoms with Gasteiger partial charge in [-0.15, -0.1) is 0 Å². The summed E-state index contributed by atoms with van der Waals surface area (Å²) in [6, 6.07) is 5.20. The van der Waals surface area contributed by atoms with Crippen LogP contribution in [0.3, 0.4) is 0 Å². The first-order valence-corrected chi connectivity index (χ1v) is 6.33. The number of nitrogens with one attached hydrogen (secondary N) is 1. The molecule has 0 saturated heterocycles. The lowest BCUT2D eigenvalue weighted by atomic mass is 10.4. The molecule has 0 spiro atoms. The molecule has 2 fully saturated rings. The van der Waals surface area contributed by atoms with Gasteiger partial charge in [-0.25, -0.2) is 0 Å². The highest BCUT2D eigenvalue weighted by molar-refractivity contribution is 7.80. The third-order valence-electron chi connectivity index (χ3n) is 3.06. The van der Waals surface area contributed by atoms with E-state index < -0.39 is 0 Å². The molecular formula is C12H16N2OS. The zero-order chi connectivity index (χ0) is 11.0. The van der Waals surface area contributed by atoms with Crippen LogP contribution in [0.4, 0.5) is 0 Å². The first-order valence-electron chi connectivity index (χ1n) is 5.92. The van der Waals surface area contributed by atoms with Gasteiger partial charge in [0.15, 0.2) is 5.11 Å². The third kappa shape index (κ3) is 2.38. The molecule has 4 heteroatoms. The summed E-state index contributed by atoms with van der Waals surface area (Å²) in [4.78, 5) is 2.27. The number of hydrogen-bond donors (Lipinski definition) is 1. The molecule has 3 nitrogen and oxygen atoms in total. The molecule has 0 bridgehead atoms. The molecule has 2 saturated carbocycles. The Labute approximate surface area is 101 Å². The minimum absolute atomic E-state index is 0.629. The van der Waals surface area contributed by atoms with E-state index in [0.717, 1.165) is 17.4 Å². The van der Waals surface area contributed by atoms with Crippen LogP contribution in [-0.2, 0) is 6.54 Å². The van der Waals surface area contributed by atoms with Crippen molar-refractivity contribution in [2.75, 3.05) is 0 Å². The van der Waals surface area contributed by atoms with Crippen molar-refractivity contribution in [1.29, 1.82) is 0 Å². The van der Waals surface area contributed by atoms with E-state index in [4.69, 9.17) is 16.6 Å². The van der Waals surface area contributed by atoms with Gasteiger partial charge in [-0.1, -0.05) is 0 Å². The van der Waals surface area contributed by atoms with E-state index >= 15 is 0 Å². The highest BCUT2D eigenvalue weighted by Gasteiger charge is 2.33. The Bertz CT molecular complexity index is 368. The van der Waals surface area contributed by atoms with Crippen LogP contribution in [0.1, 0.15) is 31.4 Å². The molecule has 86 valence electrons. The number of hydrogen-bond acceptors (Lipinski definition) is 2. The van der Waals surface area contributed by atoms with Crippen LogP contribution >= 0.6 is 12.2 Å². The van der Waals surface area contributed by atoms with E-state index in [2.05, 4.69) is 10.2 Å². The molecule has 16 heavy (non-hydrogen) atoms. The van der Waals surface area contributed by atoms with Crippen molar-refractivity contribution in [3.8, 4) is 0 Å². The fourth-order valence-electron chi connectivity index (χ4n) is 1.81. The van der Waals surface area contributed by atoms with E-state index in [0.29, 0.717) is 12.1 Å². The fraction of sp³-hybridized carbons (Fsp3) is 0.583. The standard InChI is InChI=1S/C12H16N2OS/c16-12(13-9-3-4-9)14(10-5-6-10)8-11-2-1-7-15-11/h1-2,7,9-10H,3-6,8H2,(H,13,16). The van der Waals surface area contributed by atoms with Gasteiger partial charge >= 0.3 is 0 Å². The van der Waals surface area contributed by atoms with E-state index in [-0.39, 0.29) is 0 Å². The van der Waals surface area contributed by atoms with Crippen molar-refractivity contribution >= 4 is 17.3 Å². The Morgan fingerprint density at radius 2 is 2.25 bits per heavy atom. The summed E-state index contributed by atoms with van der Waals surface area (Å²) >= 11 is 5.45. The molecule has 0 radical (unpaired) electrons. The predicted octanol–water partition coefficient (Wildman–Crippen LogP) is 2.28. The summed E-state index contributed by atoms with van der Waals surface area (Å²) < 4.78 is 5.38. The van der Waals surface area contributed by atoms with Gasteiger partial charge in [0.1, 0.15) is 5.76 Å². The van der Waals surface area contributed by atoms with Gasteiger partial charge in [0.2, 0.25) is 0 Å². The van der Waals surface area contributed by atoms with Crippen LogP contribution in [0.5, 0.6) is 0 Å². The van der Waals surface area contributed by atoms with Crippen molar-refractivity contribution in [1.82, 2.24) is 10.2 Å². The van der Waals surface area contributed by atoms with Gasteiger partial charge in [0.05, 0.1) is 12.8 Å². The topological polar surface area (TPSA) is 28.4 Å². The lowest BCUT2D eigenvalue weighted by Gasteiger charge is -2.24. The molecule has 1 aromatic heterocycles. The maximum atomic E-state index is 5.45. The number of furan rings is 1. The van der Waals surface area contributed by atoms with Crippen LogP contribution in [0.2, 0.25) is 0 Å². The molecule has 3 rings (SSSR count). The van der Waals surface area contributed by atoms with E-state index in [1.807, 2.05) is 12.1 Å². The maximum Gasteiger partial charge on any atom is 0.169 e. The minimum atomic E-state index is 0.629. The molecule has 2 aliphatic carbocycles. The molecule has 0 aromatic carbocycles. The van der Waals surface area contributed by atoms with Crippen LogP contribution < -0.4 is 5.32 Å². The summed E-state index contributed by atoms with van der Waals surface area (Å²) in [5, 5.41) is 4.31. The molecule has 0 amide bonds. The number of nitrogens with zero attached hydrogens (tertiary/aromatic N) is 1. The zero-order valence-corrected chi connectivity index (χ0v) is 10.0. The second-order valence-electron chi connectivity index (χ2n) is 4.66. The Hall–Kier alpha value is -1.03. The second-order valence-corrected chi connectivity index (χ2v) is 5.05. The van der Waals surface area contributed by atoms with Crippen molar-refractivity contribution in [3.05, 3.63) is 24.2 Å². The van der Waals surface area contributed by atoms with Crippen molar-refractivity contribution in [2.24, 2.45) is 0 Å². The highest BCUT2D eigenvalue weighted by atomic mass is 32.1. The first kappa shape index (κ1) is 10.1. The molecule has 0 atom stereocenters. The Balaban J connectivity index is 1.63. The summed E-state index contributed by atoms with van der Waals surface area (Å²) in [5.74, 6) is 0.992. The predicted molar refractivity (Wildman–Crippen MR) is 66.0 cm³/mol. The first-order chi connectivity index (χ1) is 7.83. The third-order valence-corrected chi connectivity index (χ3v) is 3.41. The van der Waals surface area contributed by atoms with Gasteiger partial charge < -0.3 is 14.6 Å². The molecular weight excluding hydrogens is 220 g/mol. The Kier molecular flexibility index (Phi) is 2.59. The molecule has 0 unspecified atom stereocenters. The SMILES string of the molecule is S=C(NC1CC1)N(Cc1ccco1)C1CC1. The Morgan fingerprint density at radius 3 is 2.81 bits per heavy atom. The van der Waals surface area contributed by atoms with Gasteiger partial charge in [0, 0.05) is 12.1 Å². The number of thiocarbonyl (C=S) groups is 1. The molecule has 1 heterocycles. The van der Waals surface area contributed by atoms with E-state index in [1.165, 1.54) is 25.7 Å². The lowest BCUT2D eigenvalue weighted by Crippen LogP contribution is -2.41. The minimum Gasteiger partial charge on any atom is -0.467 e. The van der Waals surface area contributed by atoms with Gasteiger partial charge in [0.25, 0.3) is 0 Å². The van der Waals surface area contributed by atoms with Crippen LogP contribution in [0.25, 0.3) is 0 Å². The van der Waals surface area contributed by atoms with Crippen LogP contribution in [0, 0.1) is 0 Å². The van der Waals surface area contributed by atoms with Gasteiger partial charge in [-0.2, -0.15) is 0 Å². The zero-order valence-electron chi connectivity index (χ0n) is 9.19. The average Bonchev–Trinajstić information content (AvgIpc) is 3.18. The van der Waals surface area contributed by atoms with Crippen LogP contribution in [0.15, 0.2) is 22.8 Å². The van der Waals surface area contributed by atoms with Crippen LogP contribution in [-0.4, -0.2) is 22.1 Å². The number of rotatable bonds is 4. The molecule has 2 aliphatic rings. The normalized spacial score (nSPS) is 19.5. The smallest absolute Gasteiger partial charge is 0.169 e. The summed E-state index contributed by atoms with van der Waals surface area (Å²) in [6.45, 7) is 0.802. The molecule has 1 aromatic rings. The van der Waals surface area contributed by atoms with Crippen molar-refractivity contribution in [3.63, 3.8) is 0 Å². The monoisotopic (exact) mass is 236 g/mol. The quantitative estimate of drug-likeness (QED) is 0.812. The second kappa shape index (κ2) is 4.09.